The molecule has 1 aliphatic rings. The average Bonchev–Trinajstić information content (AvgIpc) is 2.76. The first-order valence-electron chi connectivity index (χ1n) is 6.93. The van der Waals surface area contributed by atoms with E-state index in [-0.39, 0.29) is 5.82 Å². The van der Waals surface area contributed by atoms with Crippen molar-refractivity contribution in [3.8, 4) is 0 Å². The minimum atomic E-state index is -0.204. The summed E-state index contributed by atoms with van der Waals surface area (Å²) < 4.78 is 13.2. The van der Waals surface area contributed by atoms with Crippen LogP contribution in [0.5, 0.6) is 0 Å². The smallest absolute Gasteiger partial charge is 0.123 e. The molecule has 2 rings (SSSR count). The normalized spacial score (nSPS) is 20.4. The molecule has 0 aliphatic carbocycles. The van der Waals surface area contributed by atoms with Gasteiger partial charge in [-0.3, -0.25) is 0 Å². The van der Waals surface area contributed by atoms with Crippen molar-refractivity contribution in [1.82, 2.24) is 9.80 Å². The van der Waals surface area contributed by atoms with E-state index in [1.54, 1.807) is 6.07 Å². The molecular formula is C15H24FN3. The summed E-state index contributed by atoms with van der Waals surface area (Å²) in [5.41, 5.74) is 7.73. The lowest BCUT2D eigenvalue weighted by Crippen LogP contribution is -2.27. The molecule has 1 unspecified atom stereocenters. The Balaban J connectivity index is 1.93. The van der Waals surface area contributed by atoms with Gasteiger partial charge in [-0.2, -0.15) is 0 Å². The van der Waals surface area contributed by atoms with Crippen LogP contribution in [0.2, 0.25) is 0 Å². The van der Waals surface area contributed by atoms with Gasteiger partial charge in [0, 0.05) is 26.2 Å². The van der Waals surface area contributed by atoms with Crippen LogP contribution in [0.3, 0.4) is 0 Å². The molecule has 1 heterocycles. The first kappa shape index (κ1) is 14.4. The van der Waals surface area contributed by atoms with Crippen LogP contribution < -0.4 is 5.73 Å². The van der Waals surface area contributed by atoms with E-state index < -0.39 is 0 Å². The molecule has 0 aromatic heterocycles. The minimum Gasteiger partial charge on any atom is -0.326 e. The standard InChI is InChI=1S/C15H24FN3/c1-18-6-5-12(9-18)10-19(2)11-13-3-4-15(16)7-14(13)8-17/h3-4,7,12H,5-6,8-11,17H2,1-2H3. The highest BCUT2D eigenvalue weighted by Crippen LogP contribution is 2.18. The molecule has 106 valence electrons. The van der Waals surface area contributed by atoms with E-state index in [1.807, 2.05) is 6.07 Å². The van der Waals surface area contributed by atoms with Gasteiger partial charge < -0.3 is 15.5 Å². The largest absolute Gasteiger partial charge is 0.326 e. The number of likely N-dealkylation sites (tertiary alicyclic amines) is 1. The zero-order chi connectivity index (χ0) is 13.8. The molecule has 1 fully saturated rings. The van der Waals surface area contributed by atoms with Gasteiger partial charge in [0.15, 0.2) is 0 Å². The Hall–Kier alpha value is -0.970. The van der Waals surface area contributed by atoms with Crippen LogP contribution in [0.1, 0.15) is 17.5 Å². The van der Waals surface area contributed by atoms with Gasteiger partial charge in [-0.05, 0) is 56.2 Å². The summed E-state index contributed by atoms with van der Waals surface area (Å²) in [4.78, 5) is 4.69. The molecule has 1 aromatic carbocycles. The van der Waals surface area contributed by atoms with Gasteiger partial charge in [-0.25, -0.2) is 4.39 Å². The molecule has 4 heteroatoms. The third kappa shape index (κ3) is 4.00. The van der Waals surface area contributed by atoms with E-state index in [0.717, 1.165) is 30.1 Å². The lowest BCUT2D eigenvalue weighted by molar-refractivity contribution is 0.266. The number of hydrogen-bond acceptors (Lipinski definition) is 3. The van der Waals surface area contributed by atoms with Gasteiger partial charge in [-0.1, -0.05) is 6.07 Å². The van der Waals surface area contributed by atoms with E-state index in [9.17, 15) is 4.39 Å². The predicted molar refractivity (Wildman–Crippen MR) is 76.2 cm³/mol. The minimum absolute atomic E-state index is 0.204. The van der Waals surface area contributed by atoms with Gasteiger partial charge in [0.25, 0.3) is 0 Å². The number of nitrogens with two attached hydrogens (primary N) is 1. The Labute approximate surface area is 115 Å². The van der Waals surface area contributed by atoms with E-state index in [0.29, 0.717) is 6.54 Å². The van der Waals surface area contributed by atoms with Crippen molar-refractivity contribution in [3.63, 3.8) is 0 Å². The maximum Gasteiger partial charge on any atom is 0.123 e. The van der Waals surface area contributed by atoms with Crippen LogP contribution in [0, 0.1) is 11.7 Å². The van der Waals surface area contributed by atoms with Crippen molar-refractivity contribution in [1.29, 1.82) is 0 Å². The second kappa shape index (κ2) is 6.46. The van der Waals surface area contributed by atoms with Crippen molar-refractivity contribution >= 4 is 0 Å². The van der Waals surface area contributed by atoms with Gasteiger partial charge in [0.2, 0.25) is 0 Å². The molecule has 1 aromatic rings. The summed E-state index contributed by atoms with van der Waals surface area (Å²) >= 11 is 0. The maximum atomic E-state index is 13.2. The van der Waals surface area contributed by atoms with Crippen LogP contribution in [0.4, 0.5) is 4.39 Å². The fraction of sp³-hybridized carbons (Fsp3) is 0.600. The summed E-state index contributed by atoms with van der Waals surface area (Å²) in [6.45, 7) is 4.70. The Morgan fingerprint density at radius 3 is 2.84 bits per heavy atom. The van der Waals surface area contributed by atoms with Crippen LogP contribution in [-0.4, -0.2) is 43.5 Å². The average molecular weight is 265 g/mol. The summed E-state index contributed by atoms with van der Waals surface area (Å²) in [6.07, 6.45) is 1.27. The van der Waals surface area contributed by atoms with E-state index in [4.69, 9.17) is 5.73 Å². The van der Waals surface area contributed by atoms with Crippen molar-refractivity contribution in [2.24, 2.45) is 11.7 Å². The first-order valence-corrected chi connectivity index (χ1v) is 6.93. The third-order valence-corrected chi connectivity index (χ3v) is 3.89. The molecule has 2 N–H and O–H groups in total. The Kier molecular flexibility index (Phi) is 4.91. The number of nitrogens with zero attached hydrogens (tertiary/aromatic N) is 2. The van der Waals surface area contributed by atoms with E-state index in [2.05, 4.69) is 23.9 Å². The monoisotopic (exact) mass is 265 g/mol. The number of rotatable bonds is 5. The summed E-state index contributed by atoms with van der Waals surface area (Å²) in [5, 5.41) is 0. The predicted octanol–water partition coefficient (Wildman–Crippen LogP) is 1.67. The molecular weight excluding hydrogens is 241 g/mol. The first-order chi connectivity index (χ1) is 9.08. The molecule has 0 saturated carbocycles. The Bertz CT molecular complexity index is 422. The number of benzene rings is 1. The fourth-order valence-electron chi connectivity index (χ4n) is 2.91. The van der Waals surface area contributed by atoms with Gasteiger partial charge >= 0.3 is 0 Å². The Morgan fingerprint density at radius 2 is 2.21 bits per heavy atom. The lowest BCUT2D eigenvalue weighted by atomic mass is 10.1. The van der Waals surface area contributed by atoms with Crippen molar-refractivity contribution in [2.75, 3.05) is 33.7 Å². The molecule has 19 heavy (non-hydrogen) atoms. The third-order valence-electron chi connectivity index (χ3n) is 3.89. The number of halogens is 1. The van der Waals surface area contributed by atoms with Crippen molar-refractivity contribution < 1.29 is 4.39 Å². The molecule has 1 atom stereocenters. The highest BCUT2D eigenvalue weighted by molar-refractivity contribution is 5.27. The quantitative estimate of drug-likeness (QED) is 0.879. The van der Waals surface area contributed by atoms with Crippen LogP contribution >= 0.6 is 0 Å². The van der Waals surface area contributed by atoms with Crippen molar-refractivity contribution in [2.45, 2.75) is 19.5 Å². The van der Waals surface area contributed by atoms with Crippen LogP contribution in [-0.2, 0) is 13.1 Å². The van der Waals surface area contributed by atoms with E-state index >= 15 is 0 Å². The molecule has 0 spiro atoms. The lowest BCUT2D eigenvalue weighted by Gasteiger charge is -2.22. The summed E-state index contributed by atoms with van der Waals surface area (Å²) in [6, 6.07) is 4.92. The SMILES string of the molecule is CN1CCC(CN(C)Cc2ccc(F)cc2CN)C1. The second-order valence-electron chi connectivity index (χ2n) is 5.73. The van der Waals surface area contributed by atoms with Crippen molar-refractivity contribution in [3.05, 3.63) is 35.1 Å². The molecule has 3 nitrogen and oxygen atoms in total. The summed E-state index contributed by atoms with van der Waals surface area (Å²) in [5.74, 6) is 0.543. The van der Waals surface area contributed by atoms with Gasteiger partial charge in [-0.15, -0.1) is 0 Å². The van der Waals surface area contributed by atoms with Crippen LogP contribution in [0.25, 0.3) is 0 Å². The molecule has 1 aliphatic heterocycles. The van der Waals surface area contributed by atoms with Gasteiger partial charge in [0.05, 0.1) is 0 Å². The maximum absolute atomic E-state index is 13.2. The second-order valence-corrected chi connectivity index (χ2v) is 5.73. The van der Waals surface area contributed by atoms with E-state index in [1.165, 1.54) is 25.6 Å². The van der Waals surface area contributed by atoms with Crippen LogP contribution in [0.15, 0.2) is 18.2 Å². The Morgan fingerprint density at radius 1 is 1.42 bits per heavy atom. The zero-order valence-corrected chi connectivity index (χ0v) is 11.9. The zero-order valence-electron chi connectivity index (χ0n) is 11.9. The molecule has 1 saturated heterocycles. The number of hydrogen-bond donors (Lipinski definition) is 1. The summed E-state index contributed by atoms with van der Waals surface area (Å²) in [7, 11) is 4.30. The highest BCUT2D eigenvalue weighted by atomic mass is 19.1. The topological polar surface area (TPSA) is 32.5 Å². The molecule has 0 bridgehead atoms. The van der Waals surface area contributed by atoms with Gasteiger partial charge in [0.1, 0.15) is 5.82 Å². The fourth-order valence-corrected chi connectivity index (χ4v) is 2.91. The molecule has 0 radical (unpaired) electrons. The molecule has 0 amide bonds. The highest BCUT2D eigenvalue weighted by Gasteiger charge is 2.20.